The van der Waals surface area contributed by atoms with E-state index < -0.39 is 11.6 Å². The van der Waals surface area contributed by atoms with Gasteiger partial charge in [0.2, 0.25) is 5.91 Å². The largest absolute Gasteiger partial charge is 0.357 e. The van der Waals surface area contributed by atoms with E-state index in [1.807, 2.05) is 20.8 Å². The van der Waals surface area contributed by atoms with Crippen LogP contribution in [0, 0.1) is 11.6 Å². The lowest BCUT2D eigenvalue weighted by Gasteiger charge is -2.25. The van der Waals surface area contributed by atoms with E-state index in [-0.39, 0.29) is 24.6 Å². The van der Waals surface area contributed by atoms with Crippen LogP contribution in [0.5, 0.6) is 0 Å². The Morgan fingerprint density at radius 3 is 2.46 bits per heavy atom. The highest BCUT2D eigenvalue weighted by atomic mass is 19.1. The van der Waals surface area contributed by atoms with E-state index >= 15 is 0 Å². The van der Waals surface area contributed by atoms with Crippen molar-refractivity contribution < 1.29 is 13.6 Å². The molecule has 5 nitrogen and oxygen atoms in total. The number of nitrogens with zero attached hydrogens (tertiary/aromatic N) is 3. The maximum atomic E-state index is 13.7. The molecule has 0 aliphatic carbocycles. The molecule has 0 aliphatic heterocycles. The zero-order valence-corrected chi connectivity index (χ0v) is 14.8. The first-order chi connectivity index (χ1) is 11.4. The van der Waals surface area contributed by atoms with Crippen LogP contribution < -0.4 is 5.32 Å². The van der Waals surface area contributed by atoms with Crippen LogP contribution in [0.3, 0.4) is 0 Å². The smallest absolute Gasteiger partial charge is 0.242 e. The molecule has 0 aliphatic rings. The number of carbonyl (C=O) groups is 1. The lowest BCUT2D eigenvalue weighted by Crippen LogP contribution is -2.45. The summed E-state index contributed by atoms with van der Waals surface area (Å²) in [5, 5.41) is 3.06. The first-order valence-corrected chi connectivity index (χ1v) is 8.14. The van der Waals surface area contributed by atoms with Gasteiger partial charge in [-0.25, -0.2) is 13.8 Å². The second kappa shape index (κ2) is 9.85. The Hall–Kier alpha value is -2.18. The van der Waals surface area contributed by atoms with Crippen molar-refractivity contribution in [3.05, 3.63) is 35.4 Å². The van der Waals surface area contributed by atoms with Crippen molar-refractivity contribution >= 4 is 11.9 Å². The van der Waals surface area contributed by atoms with Gasteiger partial charge in [-0.3, -0.25) is 4.79 Å². The molecule has 0 spiro atoms. The van der Waals surface area contributed by atoms with Gasteiger partial charge in [0.25, 0.3) is 0 Å². The Kier molecular flexibility index (Phi) is 8.15. The van der Waals surface area contributed by atoms with Crippen molar-refractivity contribution in [2.45, 2.75) is 27.3 Å². The number of guanidine groups is 1. The van der Waals surface area contributed by atoms with Gasteiger partial charge in [-0.1, -0.05) is 0 Å². The lowest BCUT2D eigenvalue weighted by molar-refractivity contribution is -0.131. The predicted molar refractivity (Wildman–Crippen MR) is 91.7 cm³/mol. The van der Waals surface area contributed by atoms with E-state index in [1.165, 1.54) is 0 Å². The monoisotopic (exact) mass is 340 g/mol. The molecular weight excluding hydrogens is 314 g/mol. The number of likely N-dealkylation sites (N-methyl/N-ethyl adjacent to an activating group) is 2. The quantitative estimate of drug-likeness (QED) is 0.612. The zero-order chi connectivity index (χ0) is 18.1. The predicted octanol–water partition coefficient (Wildman–Crippen LogP) is 2.23. The van der Waals surface area contributed by atoms with E-state index in [1.54, 1.807) is 16.8 Å². The molecule has 1 aromatic rings. The summed E-state index contributed by atoms with van der Waals surface area (Å²) in [6, 6.07) is 3.28. The normalized spacial score (nSPS) is 11.3. The topological polar surface area (TPSA) is 47.9 Å². The second-order valence-electron chi connectivity index (χ2n) is 5.33. The molecule has 0 saturated carbocycles. The minimum absolute atomic E-state index is 0.00424. The Morgan fingerprint density at radius 2 is 1.88 bits per heavy atom. The molecule has 0 aromatic heterocycles. The van der Waals surface area contributed by atoms with Gasteiger partial charge in [0.1, 0.15) is 11.6 Å². The highest BCUT2D eigenvalue weighted by Crippen LogP contribution is 2.11. The van der Waals surface area contributed by atoms with E-state index in [0.29, 0.717) is 25.6 Å². The van der Waals surface area contributed by atoms with Crippen molar-refractivity contribution in [1.82, 2.24) is 15.1 Å². The first kappa shape index (κ1) is 19.9. The van der Waals surface area contributed by atoms with Crippen molar-refractivity contribution in [2.75, 3.05) is 33.2 Å². The summed E-state index contributed by atoms with van der Waals surface area (Å²) >= 11 is 0. The van der Waals surface area contributed by atoms with Crippen LogP contribution in [0.15, 0.2) is 23.2 Å². The first-order valence-electron chi connectivity index (χ1n) is 8.14. The van der Waals surface area contributed by atoms with Crippen LogP contribution in [0.25, 0.3) is 0 Å². The van der Waals surface area contributed by atoms with E-state index in [2.05, 4.69) is 10.3 Å². The van der Waals surface area contributed by atoms with Crippen LogP contribution in [0.4, 0.5) is 8.78 Å². The average Bonchev–Trinajstić information content (AvgIpc) is 2.55. The number of rotatable bonds is 7. The standard InChI is InChI=1S/C17H26F2N4O/c1-5-20-17(22(4)12-16(24)23(6-2)7-3)21-11-13-10-14(18)8-9-15(13)19/h8-10H,5-7,11-12H2,1-4H3,(H,20,21). The molecule has 0 unspecified atom stereocenters. The molecule has 24 heavy (non-hydrogen) atoms. The van der Waals surface area contributed by atoms with Crippen LogP contribution >= 0.6 is 0 Å². The zero-order valence-electron chi connectivity index (χ0n) is 14.8. The maximum absolute atomic E-state index is 13.7. The Balaban J connectivity index is 2.84. The van der Waals surface area contributed by atoms with Gasteiger partial charge < -0.3 is 15.1 Å². The number of hydrogen-bond donors (Lipinski definition) is 1. The molecule has 0 radical (unpaired) electrons. The molecule has 1 amide bonds. The highest BCUT2D eigenvalue weighted by Gasteiger charge is 2.15. The van der Waals surface area contributed by atoms with Gasteiger partial charge in [0, 0.05) is 32.2 Å². The van der Waals surface area contributed by atoms with Gasteiger partial charge in [-0.15, -0.1) is 0 Å². The van der Waals surface area contributed by atoms with Gasteiger partial charge >= 0.3 is 0 Å². The van der Waals surface area contributed by atoms with Crippen molar-refractivity contribution in [1.29, 1.82) is 0 Å². The van der Waals surface area contributed by atoms with Gasteiger partial charge in [0.05, 0.1) is 13.1 Å². The fourth-order valence-corrected chi connectivity index (χ4v) is 2.25. The second-order valence-corrected chi connectivity index (χ2v) is 5.33. The summed E-state index contributed by atoms with van der Waals surface area (Å²) in [6.45, 7) is 7.80. The average molecular weight is 340 g/mol. The fraction of sp³-hybridized carbons (Fsp3) is 0.529. The Bertz CT molecular complexity index is 574. The summed E-state index contributed by atoms with van der Waals surface area (Å²) in [5.41, 5.74) is 0.175. The minimum atomic E-state index is -0.503. The molecule has 7 heteroatoms. The molecule has 1 N–H and O–H groups in total. The molecular formula is C17H26F2N4O. The molecule has 1 rings (SSSR count). The third kappa shape index (κ3) is 5.79. The van der Waals surface area contributed by atoms with E-state index in [4.69, 9.17) is 0 Å². The molecule has 0 saturated heterocycles. The van der Waals surface area contributed by atoms with Crippen LogP contribution in [-0.2, 0) is 11.3 Å². The summed E-state index contributed by atoms with van der Waals surface area (Å²) < 4.78 is 26.9. The Morgan fingerprint density at radius 1 is 1.21 bits per heavy atom. The number of benzene rings is 1. The number of hydrogen-bond acceptors (Lipinski definition) is 2. The summed E-state index contributed by atoms with van der Waals surface area (Å²) in [4.78, 5) is 19.9. The summed E-state index contributed by atoms with van der Waals surface area (Å²) in [6.07, 6.45) is 0. The number of amides is 1. The van der Waals surface area contributed by atoms with E-state index in [9.17, 15) is 13.6 Å². The van der Waals surface area contributed by atoms with Crippen molar-refractivity contribution in [3.8, 4) is 0 Å². The van der Waals surface area contributed by atoms with Gasteiger partial charge in [0.15, 0.2) is 5.96 Å². The number of aliphatic imine (C=N–C) groups is 1. The number of carbonyl (C=O) groups excluding carboxylic acids is 1. The van der Waals surface area contributed by atoms with Crippen LogP contribution in [0.2, 0.25) is 0 Å². The lowest BCUT2D eigenvalue weighted by atomic mass is 10.2. The molecule has 1 aromatic carbocycles. The molecule has 0 bridgehead atoms. The molecule has 0 fully saturated rings. The summed E-state index contributed by atoms with van der Waals surface area (Å²) in [5.74, 6) is -0.541. The van der Waals surface area contributed by atoms with Crippen molar-refractivity contribution in [3.63, 3.8) is 0 Å². The van der Waals surface area contributed by atoms with E-state index in [0.717, 1.165) is 18.2 Å². The van der Waals surface area contributed by atoms with Gasteiger partial charge in [-0.2, -0.15) is 0 Å². The minimum Gasteiger partial charge on any atom is -0.357 e. The molecule has 0 atom stereocenters. The SMILES string of the molecule is CCNC(=NCc1cc(F)ccc1F)N(C)CC(=O)N(CC)CC. The van der Waals surface area contributed by atoms with Crippen LogP contribution in [-0.4, -0.2) is 54.9 Å². The highest BCUT2D eigenvalue weighted by molar-refractivity contribution is 5.86. The fourth-order valence-electron chi connectivity index (χ4n) is 2.25. The number of nitrogens with one attached hydrogen (secondary N) is 1. The van der Waals surface area contributed by atoms with Crippen LogP contribution in [0.1, 0.15) is 26.3 Å². The molecule has 134 valence electrons. The van der Waals surface area contributed by atoms with Gasteiger partial charge in [-0.05, 0) is 39.0 Å². The van der Waals surface area contributed by atoms with Crippen molar-refractivity contribution in [2.24, 2.45) is 4.99 Å². The maximum Gasteiger partial charge on any atom is 0.242 e. The number of halogens is 2. The third-order valence-electron chi connectivity index (χ3n) is 3.59. The third-order valence-corrected chi connectivity index (χ3v) is 3.59. The Labute approximate surface area is 142 Å². The molecule has 0 heterocycles. The summed E-state index contributed by atoms with van der Waals surface area (Å²) in [7, 11) is 1.74.